The summed E-state index contributed by atoms with van der Waals surface area (Å²) in [5.74, 6) is 0.922. The van der Waals surface area contributed by atoms with Crippen molar-refractivity contribution in [3.8, 4) is 0 Å². The summed E-state index contributed by atoms with van der Waals surface area (Å²) in [6.07, 6.45) is 5.99. The molecule has 1 heterocycles. The van der Waals surface area contributed by atoms with Crippen molar-refractivity contribution in [3.63, 3.8) is 0 Å². The van der Waals surface area contributed by atoms with Gasteiger partial charge in [0, 0.05) is 32.2 Å². The summed E-state index contributed by atoms with van der Waals surface area (Å²) in [7, 11) is 0. The fourth-order valence-electron chi connectivity index (χ4n) is 3.69. The largest absolute Gasteiger partial charge is 0.376 e. The van der Waals surface area contributed by atoms with Gasteiger partial charge in [0.15, 0.2) is 0 Å². The number of nitrogens with zero attached hydrogens (tertiary/aromatic N) is 1. The van der Waals surface area contributed by atoms with Crippen LogP contribution in [0.3, 0.4) is 0 Å². The van der Waals surface area contributed by atoms with Crippen LogP contribution in [0.2, 0.25) is 0 Å². The Morgan fingerprint density at radius 2 is 1.95 bits per heavy atom. The standard InChI is InChI=1S/C17H34N2O/c1-14(2)18-12-17(7-5-15(3)6-8-17)13-19-9-10-20-16(4)11-19/h14-16,18H,5-13H2,1-4H3. The lowest BCUT2D eigenvalue weighted by molar-refractivity contribution is -0.0387. The minimum atomic E-state index is 0.404. The minimum Gasteiger partial charge on any atom is -0.376 e. The third kappa shape index (κ3) is 4.71. The Kier molecular flexibility index (Phi) is 5.88. The minimum absolute atomic E-state index is 0.404. The zero-order valence-electron chi connectivity index (χ0n) is 14.0. The lowest BCUT2D eigenvalue weighted by Crippen LogP contribution is -2.51. The molecule has 2 fully saturated rings. The average Bonchev–Trinajstić information content (AvgIpc) is 2.40. The van der Waals surface area contributed by atoms with E-state index in [1.807, 2.05) is 0 Å². The molecule has 1 unspecified atom stereocenters. The summed E-state index contributed by atoms with van der Waals surface area (Å²) < 4.78 is 5.69. The summed E-state index contributed by atoms with van der Waals surface area (Å²) >= 11 is 0. The molecule has 0 radical (unpaired) electrons. The SMILES string of the molecule is CC1CCC(CNC(C)C)(CN2CCOC(C)C2)CC1. The van der Waals surface area contributed by atoms with Crippen LogP contribution >= 0.6 is 0 Å². The normalized spacial score (nSPS) is 36.5. The second kappa shape index (κ2) is 7.24. The maximum Gasteiger partial charge on any atom is 0.0674 e. The van der Waals surface area contributed by atoms with Gasteiger partial charge in [-0.2, -0.15) is 0 Å². The Labute approximate surface area is 125 Å². The van der Waals surface area contributed by atoms with E-state index in [4.69, 9.17) is 4.74 Å². The van der Waals surface area contributed by atoms with E-state index < -0.39 is 0 Å². The fraction of sp³-hybridized carbons (Fsp3) is 1.00. The molecule has 3 nitrogen and oxygen atoms in total. The van der Waals surface area contributed by atoms with E-state index >= 15 is 0 Å². The maximum atomic E-state index is 5.69. The van der Waals surface area contributed by atoms with Crippen LogP contribution in [-0.4, -0.2) is 49.8 Å². The Hall–Kier alpha value is -0.120. The molecule has 1 N–H and O–H groups in total. The van der Waals surface area contributed by atoms with E-state index in [2.05, 4.69) is 37.9 Å². The zero-order valence-corrected chi connectivity index (χ0v) is 14.0. The van der Waals surface area contributed by atoms with Gasteiger partial charge in [0.25, 0.3) is 0 Å². The molecule has 0 aromatic heterocycles. The van der Waals surface area contributed by atoms with Crippen molar-refractivity contribution in [1.29, 1.82) is 0 Å². The summed E-state index contributed by atoms with van der Waals surface area (Å²) in [5, 5.41) is 3.71. The van der Waals surface area contributed by atoms with Crippen LogP contribution in [0.15, 0.2) is 0 Å². The first-order valence-corrected chi connectivity index (χ1v) is 8.56. The summed E-state index contributed by atoms with van der Waals surface area (Å²) in [6.45, 7) is 14.7. The summed E-state index contributed by atoms with van der Waals surface area (Å²) in [4.78, 5) is 2.64. The molecule has 1 aliphatic carbocycles. The monoisotopic (exact) mass is 282 g/mol. The molecule has 0 amide bonds. The molecule has 3 heteroatoms. The highest BCUT2D eigenvalue weighted by molar-refractivity contribution is 4.90. The van der Waals surface area contributed by atoms with Gasteiger partial charge in [-0.15, -0.1) is 0 Å². The lowest BCUT2D eigenvalue weighted by Gasteiger charge is -2.45. The van der Waals surface area contributed by atoms with Gasteiger partial charge in [0.05, 0.1) is 12.7 Å². The van der Waals surface area contributed by atoms with Crippen LogP contribution in [0.4, 0.5) is 0 Å². The van der Waals surface area contributed by atoms with Gasteiger partial charge >= 0.3 is 0 Å². The van der Waals surface area contributed by atoms with Gasteiger partial charge in [0.1, 0.15) is 0 Å². The van der Waals surface area contributed by atoms with E-state index in [9.17, 15) is 0 Å². The highest BCUT2D eigenvalue weighted by Gasteiger charge is 2.36. The second-order valence-corrected chi connectivity index (χ2v) is 7.63. The predicted molar refractivity (Wildman–Crippen MR) is 85.1 cm³/mol. The molecule has 1 aliphatic heterocycles. The molecule has 1 atom stereocenters. The van der Waals surface area contributed by atoms with E-state index in [1.54, 1.807) is 0 Å². The first-order valence-electron chi connectivity index (χ1n) is 8.56. The van der Waals surface area contributed by atoms with Crippen molar-refractivity contribution in [1.82, 2.24) is 10.2 Å². The van der Waals surface area contributed by atoms with Gasteiger partial charge in [-0.1, -0.05) is 33.6 Å². The lowest BCUT2D eigenvalue weighted by atomic mass is 9.70. The number of rotatable bonds is 5. The second-order valence-electron chi connectivity index (χ2n) is 7.63. The molecule has 0 aromatic rings. The topological polar surface area (TPSA) is 24.5 Å². The first kappa shape index (κ1) is 16.3. The highest BCUT2D eigenvalue weighted by atomic mass is 16.5. The summed E-state index contributed by atoms with van der Waals surface area (Å²) in [6, 6.07) is 0.592. The van der Waals surface area contributed by atoms with E-state index in [0.717, 1.165) is 25.6 Å². The third-order valence-corrected chi connectivity index (χ3v) is 5.10. The van der Waals surface area contributed by atoms with Crippen molar-refractivity contribution in [2.24, 2.45) is 11.3 Å². The number of ether oxygens (including phenoxy) is 1. The van der Waals surface area contributed by atoms with E-state index in [-0.39, 0.29) is 0 Å². The Morgan fingerprint density at radius 1 is 1.25 bits per heavy atom. The van der Waals surface area contributed by atoms with Gasteiger partial charge in [-0.25, -0.2) is 0 Å². The molecule has 0 spiro atoms. The van der Waals surface area contributed by atoms with Crippen molar-refractivity contribution in [3.05, 3.63) is 0 Å². The molecular weight excluding hydrogens is 248 g/mol. The number of hydrogen-bond acceptors (Lipinski definition) is 3. The molecule has 1 saturated carbocycles. The van der Waals surface area contributed by atoms with Gasteiger partial charge in [-0.05, 0) is 31.1 Å². The smallest absolute Gasteiger partial charge is 0.0674 e. The predicted octanol–water partition coefficient (Wildman–Crippen LogP) is 2.90. The molecular formula is C17H34N2O. The summed E-state index contributed by atoms with van der Waals surface area (Å²) in [5.41, 5.74) is 0.494. The van der Waals surface area contributed by atoms with Crippen LogP contribution < -0.4 is 5.32 Å². The zero-order chi connectivity index (χ0) is 14.6. The van der Waals surface area contributed by atoms with Crippen LogP contribution in [0.1, 0.15) is 53.4 Å². The fourth-order valence-corrected chi connectivity index (χ4v) is 3.69. The van der Waals surface area contributed by atoms with Crippen molar-refractivity contribution in [2.45, 2.75) is 65.5 Å². The average molecular weight is 282 g/mol. The third-order valence-electron chi connectivity index (χ3n) is 5.10. The van der Waals surface area contributed by atoms with Crippen LogP contribution in [0.25, 0.3) is 0 Å². The van der Waals surface area contributed by atoms with Crippen LogP contribution in [0.5, 0.6) is 0 Å². The number of morpholine rings is 1. The maximum absolute atomic E-state index is 5.69. The number of hydrogen-bond donors (Lipinski definition) is 1. The van der Waals surface area contributed by atoms with E-state index in [0.29, 0.717) is 17.6 Å². The molecule has 0 bridgehead atoms. The van der Waals surface area contributed by atoms with Gasteiger partial charge in [0.2, 0.25) is 0 Å². The molecule has 2 aliphatic rings. The van der Waals surface area contributed by atoms with Crippen molar-refractivity contribution >= 4 is 0 Å². The quantitative estimate of drug-likeness (QED) is 0.839. The molecule has 118 valence electrons. The molecule has 1 saturated heterocycles. The van der Waals surface area contributed by atoms with Crippen molar-refractivity contribution < 1.29 is 4.74 Å². The van der Waals surface area contributed by atoms with Crippen LogP contribution in [0, 0.1) is 11.3 Å². The molecule has 20 heavy (non-hydrogen) atoms. The van der Waals surface area contributed by atoms with Gasteiger partial charge < -0.3 is 10.1 Å². The number of nitrogens with one attached hydrogen (secondary N) is 1. The van der Waals surface area contributed by atoms with Crippen molar-refractivity contribution in [2.75, 3.05) is 32.8 Å². The van der Waals surface area contributed by atoms with Crippen LogP contribution in [-0.2, 0) is 4.74 Å². The Morgan fingerprint density at radius 3 is 2.55 bits per heavy atom. The highest BCUT2D eigenvalue weighted by Crippen LogP contribution is 2.39. The Balaban J connectivity index is 1.94. The Bertz CT molecular complexity index is 285. The first-order chi connectivity index (χ1) is 9.49. The van der Waals surface area contributed by atoms with E-state index in [1.165, 1.54) is 38.8 Å². The molecule has 0 aromatic carbocycles. The van der Waals surface area contributed by atoms with Gasteiger partial charge in [-0.3, -0.25) is 4.90 Å². The molecule has 2 rings (SSSR count).